The lowest BCUT2D eigenvalue weighted by molar-refractivity contribution is -0.0510. The highest BCUT2D eigenvalue weighted by atomic mass is 32.2. The summed E-state index contributed by atoms with van der Waals surface area (Å²) < 4.78 is 57.5. The molecular weight excluding hydrogens is 381 g/mol. The number of aryl methyl sites for hydroxylation is 1. The summed E-state index contributed by atoms with van der Waals surface area (Å²) in [5.74, 6) is 0.457. The van der Waals surface area contributed by atoms with Gasteiger partial charge in [0.15, 0.2) is 0 Å². The minimum Gasteiger partial charge on any atom is -0.508 e. The molecule has 0 amide bonds. The Balaban J connectivity index is 0.000000713. The predicted molar refractivity (Wildman–Crippen MR) is 101 cm³/mol. The van der Waals surface area contributed by atoms with Crippen molar-refractivity contribution in [2.24, 2.45) is 0 Å². The van der Waals surface area contributed by atoms with Crippen LogP contribution in [0.5, 0.6) is 5.75 Å². The second-order valence-corrected chi connectivity index (χ2v) is 7.89. The molecule has 0 saturated carbocycles. The van der Waals surface area contributed by atoms with Crippen LogP contribution in [0.3, 0.4) is 0 Å². The molecule has 158 valence electrons. The number of benzene rings is 1. The molecule has 0 radical (unpaired) electrons. The van der Waals surface area contributed by atoms with Crippen molar-refractivity contribution in [3.63, 3.8) is 0 Å². The zero-order valence-electron chi connectivity index (χ0n) is 15.8. The number of aromatic hydroxyl groups is 1. The van der Waals surface area contributed by atoms with E-state index in [2.05, 4.69) is 6.92 Å². The Labute approximate surface area is 160 Å². The van der Waals surface area contributed by atoms with Crippen LogP contribution >= 0.6 is 0 Å². The number of hydrogen-bond donors (Lipinski definition) is 2. The lowest BCUT2D eigenvalue weighted by Gasteiger charge is -2.04. The number of unbranched alkanes of at least 4 members (excludes halogenated alkanes) is 9. The number of halogens is 3. The van der Waals surface area contributed by atoms with Crippen LogP contribution in [-0.4, -0.2) is 23.6 Å². The van der Waals surface area contributed by atoms with Gasteiger partial charge in [-0.05, 0) is 24.5 Å². The summed E-state index contributed by atoms with van der Waals surface area (Å²) in [4.78, 5) is 0. The fraction of sp³-hybridized carbons (Fsp3) is 0.684. The third-order valence-corrected chi connectivity index (χ3v) is 4.67. The van der Waals surface area contributed by atoms with Crippen molar-refractivity contribution in [1.82, 2.24) is 0 Å². The maximum absolute atomic E-state index is 10.7. The number of alkyl halides is 3. The first-order chi connectivity index (χ1) is 12.6. The van der Waals surface area contributed by atoms with Gasteiger partial charge in [0.25, 0.3) is 0 Å². The maximum Gasteiger partial charge on any atom is 0.522 e. The third-order valence-electron chi connectivity index (χ3n) is 4.08. The van der Waals surface area contributed by atoms with Gasteiger partial charge in [0.1, 0.15) is 5.75 Å². The topological polar surface area (TPSA) is 74.6 Å². The van der Waals surface area contributed by atoms with Gasteiger partial charge in [-0.3, -0.25) is 4.55 Å². The van der Waals surface area contributed by atoms with Crippen LogP contribution in [0.15, 0.2) is 24.3 Å². The lowest BCUT2D eigenvalue weighted by atomic mass is 10.0. The van der Waals surface area contributed by atoms with Gasteiger partial charge in [0.2, 0.25) is 0 Å². The smallest absolute Gasteiger partial charge is 0.508 e. The number of rotatable bonds is 11. The molecule has 4 nitrogen and oxygen atoms in total. The van der Waals surface area contributed by atoms with Crippen LogP contribution < -0.4 is 0 Å². The second kappa shape index (κ2) is 13.8. The molecule has 0 atom stereocenters. The molecule has 0 aliphatic carbocycles. The van der Waals surface area contributed by atoms with Gasteiger partial charge in [-0.15, -0.1) is 0 Å². The molecule has 0 unspecified atom stereocenters. The summed E-state index contributed by atoms with van der Waals surface area (Å²) in [6, 6.07) is 7.71. The minimum absolute atomic E-state index is 0.457. The van der Waals surface area contributed by atoms with Gasteiger partial charge in [-0.2, -0.15) is 21.6 Å². The Morgan fingerprint density at radius 3 is 1.67 bits per heavy atom. The van der Waals surface area contributed by atoms with Crippen LogP contribution in [0.1, 0.15) is 76.7 Å². The van der Waals surface area contributed by atoms with E-state index < -0.39 is 15.6 Å². The van der Waals surface area contributed by atoms with Crippen LogP contribution in [-0.2, 0) is 16.5 Å². The predicted octanol–water partition coefficient (Wildman–Crippen LogP) is 6.25. The van der Waals surface area contributed by atoms with Gasteiger partial charge >= 0.3 is 15.6 Å². The Hall–Kier alpha value is -1.28. The normalized spacial score (nSPS) is 11.7. The van der Waals surface area contributed by atoms with Gasteiger partial charge in [-0.1, -0.05) is 82.9 Å². The number of hydrogen-bond acceptors (Lipinski definition) is 3. The largest absolute Gasteiger partial charge is 0.522 e. The Kier molecular flexibility index (Phi) is 13.2. The first-order valence-corrected chi connectivity index (χ1v) is 10.8. The van der Waals surface area contributed by atoms with Crippen molar-refractivity contribution < 1.29 is 31.2 Å². The molecule has 27 heavy (non-hydrogen) atoms. The first kappa shape index (κ1) is 25.7. The monoisotopic (exact) mass is 412 g/mol. The highest BCUT2D eigenvalue weighted by Gasteiger charge is 2.44. The zero-order chi connectivity index (χ0) is 20.8. The van der Waals surface area contributed by atoms with Crippen molar-refractivity contribution in [3.05, 3.63) is 29.8 Å². The lowest BCUT2D eigenvalue weighted by Crippen LogP contribution is -2.21. The molecule has 1 aromatic carbocycles. The molecule has 0 saturated heterocycles. The Bertz CT molecular complexity index is 601. The average Bonchev–Trinajstić information content (AvgIpc) is 2.57. The van der Waals surface area contributed by atoms with Crippen molar-refractivity contribution in [2.75, 3.05) is 0 Å². The van der Waals surface area contributed by atoms with Crippen LogP contribution in [0.2, 0.25) is 0 Å². The molecular formula is C19H31F3O4S. The Morgan fingerprint density at radius 1 is 0.852 bits per heavy atom. The van der Waals surface area contributed by atoms with E-state index in [9.17, 15) is 18.3 Å². The van der Waals surface area contributed by atoms with Gasteiger partial charge < -0.3 is 5.11 Å². The molecule has 0 spiro atoms. The first-order valence-electron chi connectivity index (χ1n) is 9.40. The number of phenols is 1. The summed E-state index contributed by atoms with van der Waals surface area (Å²) >= 11 is 0. The molecule has 0 fully saturated rings. The van der Waals surface area contributed by atoms with E-state index in [0.717, 1.165) is 12.0 Å². The summed E-state index contributed by atoms with van der Waals surface area (Å²) in [6.07, 6.45) is 14.6. The highest BCUT2D eigenvalue weighted by Crippen LogP contribution is 2.20. The van der Waals surface area contributed by atoms with Gasteiger partial charge in [0.05, 0.1) is 0 Å². The fourth-order valence-corrected chi connectivity index (χ4v) is 2.53. The van der Waals surface area contributed by atoms with Crippen LogP contribution in [0.25, 0.3) is 0 Å². The summed E-state index contributed by atoms with van der Waals surface area (Å²) in [5.41, 5.74) is -4.44. The number of para-hydroxylation sites is 1. The van der Waals surface area contributed by atoms with Gasteiger partial charge in [-0.25, -0.2) is 0 Å². The zero-order valence-corrected chi connectivity index (χ0v) is 16.7. The van der Waals surface area contributed by atoms with Crippen molar-refractivity contribution in [1.29, 1.82) is 0 Å². The summed E-state index contributed by atoms with van der Waals surface area (Å²) in [7, 11) is -5.84. The number of phenolic OH excluding ortho intramolecular Hbond substituents is 1. The van der Waals surface area contributed by atoms with E-state index in [1.54, 1.807) is 6.07 Å². The molecule has 8 heteroatoms. The fourth-order valence-electron chi connectivity index (χ4n) is 2.53. The van der Waals surface area contributed by atoms with E-state index in [1.165, 1.54) is 64.2 Å². The van der Waals surface area contributed by atoms with E-state index in [4.69, 9.17) is 13.0 Å². The Morgan fingerprint density at radius 2 is 1.26 bits per heavy atom. The molecule has 0 aromatic heterocycles. The second-order valence-electron chi connectivity index (χ2n) is 6.48. The molecule has 1 rings (SSSR count). The minimum atomic E-state index is -5.84. The summed E-state index contributed by atoms with van der Waals surface area (Å²) in [6.45, 7) is 2.27. The molecule has 0 heterocycles. The molecule has 0 bridgehead atoms. The van der Waals surface area contributed by atoms with E-state index in [0.29, 0.717) is 5.75 Å². The van der Waals surface area contributed by atoms with Gasteiger partial charge in [0, 0.05) is 0 Å². The molecule has 1 aromatic rings. The van der Waals surface area contributed by atoms with Crippen molar-refractivity contribution in [3.8, 4) is 5.75 Å². The third kappa shape index (κ3) is 13.5. The van der Waals surface area contributed by atoms with E-state index >= 15 is 0 Å². The SMILES string of the molecule is CCCCCCCCCCCCc1ccccc1O.O=S(=O)(O)C(F)(F)F. The molecule has 2 N–H and O–H groups in total. The quantitative estimate of drug-likeness (QED) is 0.256. The van der Waals surface area contributed by atoms with E-state index in [-0.39, 0.29) is 0 Å². The van der Waals surface area contributed by atoms with Crippen molar-refractivity contribution >= 4 is 10.1 Å². The maximum atomic E-state index is 10.7. The molecule has 0 aliphatic rings. The van der Waals surface area contributed by atoms with Crippen LogP contribution in [0.4, 0.5) is 13.2 Å². The van der Waals surface area contributed by atoms with Crippen LogP contribution in [0, 0.1) is 0 Å². The van der Waals surface area contributed by atoms with Crippen molar-refractivity contribution in [2.45, 2.75) is 83.1 Å². The van der Waals surface area contributed by atoms with E-state index in [1.807, 2.05) is 18.2 Å². The summed E-state index contributed by atoms with van der Waals surface area (Å²) in [5, 5.41) is 9.65. The standard InChI is InChI=1S/C18H30O.CHF3O3S/c1-2-3-4-5-6-7-8-9-10-11-14-17-15-12-13-16-18(17)19;2-1(3,4)8(5,6)7/h12-13,15-16,19H,2-11,14H2,1H3;(H,5,6,7). The highest BCUT2D eigenvalue weighted by molar-refractivity contribution is 7.86. The molecule has 0 aliphatic heterocycles. The average molecular weight is 413 g/mol.